The molecule has 1 N–H and O–H groups in total. The molecule has 1 aromatic heterocycles. The zero-order valence-corrected chi connectivity index (χ0v) is 8.84. The van der Waals surface area contributed by atoms with Crippen LogP contribution in [0.3, 0.4) is 0 Å². The molecule has 0 aromatic carbocycles. The van der Waals surface area contributed by atoms with Crippen LogP contribution in [0, 0.1) is 11.8 Å². The summed E-state index contributed by atoms with van der Waals surface area (Å²) in [4.78, 5) is 24.3. The lowest BCUT2D eigenvalue weighted by atomic mass is 10.3. The van der Waals surface area contributed by atoms with Crippen LogP contribution < -0.4 is 5.56 Å². The molecule has 0 saturated heterocycles. The van der Waals surface area contributed by atoms with Gasteiger partial charge in [0, 0.05) is 16.6 Å². The number of hydrogen-bond acceptors (Lipinski definition) is 3. The van der Waals surface area contributed by atoms with E-state index in [1.807, 2.05) is 0 Å². The number of halogens is 1. The first kappa shape index (κ1) is 10.5. The van der Waals surface area contributed by atoms with E-state index in [1.54, 1.807) is 0 Å². The predicted octanol–water partition coefficient (Wildman–Crippen LogP) is 0.662. The van der Waals surface area contributed by atoms with Gasteiger partial charge < -0.3 is 9.72 Å². The second-order valence-electron chi connectivity index (χ2n) is 2.30. The van der Waals surface area contributed by atoms with Crippen molar-refractivity contribution >= 4 is 21.9 Å². The first-order chi connectivity index (χ1) is 6.63. The highest BCUT2D eigenvalue weighted by atomic mass is 79.9. The molecular formula is C9H6BrNO3. The Balaban J connectivity index is 3.06. The molecule has 1 rings (SSSR count). The number of nitrogens with one attached hydrogen (secondary N) is 1. The zero-order chi connectivity index (χ0) is 10.6. The normalized spacial score (nSPS) is 8.71. The highest BCUT2D eigenvalue weighted by Crippen LogP contribution is 2.05. The molecule has 0 saturated carbocycles. The van der Waals surface area contributed by atoms with Gasteiger partial charge in [-0.1, -0.05) is 0 Å². The molecule has 14 heavy (non-hydrogen) atoms. The van der Waals surface area contributed by atoms with Crippen molar-refractivity contribution in [3.63, 3.8) is 0 Å². The van der Waals surface area contributed by atoms with Crippen molar-refractivity contribution in [2.24, 2.45) is 0 Å². The average Bonchev–Trinajstić information content (AvgIpc) is 2.19. The summed E-state index contributed by atoms with van der Waals surface area (Å²) in [6.45, 7) is 0. The molecule has 0 radical (unpaired) electrons. The number of ether oxygens (including phenoxy) is 1. The summed E-state index contributed by atoms with van der Waals surface area (Å²) in [5, 5.41) is 0. The Kier molecular flexibility index (Phi) is 3.48. The predicted molar refractivity (Wildman–Crippen MR) is 53.7 cm³/mol. The van der Waals surface area contributed by atoms with Gasteiger partial charge >= 0.3 is 5.97 Å². The lowest BCUT2D eigenvalue weighted by molar-refractivity contribution is -0.133. The lowest BCUT2D eigenvalue weighted by Crippen LogP contribution is -2.08. The van der Waals surface area contributed by atoms with E-state index in [1.165, 1.54) is 19.4 Å². The number of pyridine rings is 1. The van der Waals surface area contributed by atoms with Crippen LogP contribution in [0.15, 0.2) is 21.5 Å². The van der Waals surface area contributed by atoms with E-state index >= 15 is 0 Å². The third-order valence-electron chi connectivity index (χ3n) is 1.35. The molecule has 4 nitrogen and oxygen atoms in total. The summed E-state index contributed by atoms with van der Waals surface area (Å²) in [6.07, 6.45) is 1.49. The minimum Gasteiger partial charge on any atom is -0.459 e. The lowest BCUT2D eigenvalue weighted by Gasteiger charge is -1.90. The Morgan fingerprint density at radius 3 is 3.00 bits per heavy atom. The second-order valence-corrected chi connectivity index (χ2v) is 3.22. The third kappa shape index (κ3) is 2.75. The first-order valence-electron chi connectivity index (χ1n) is 3.61. The number of carbonyl (C=O) groups is 1. The van der Waals surface area contributed by atoms with Crippen molar-refractivity contribution in [3.8, 4) is 11.8 Å². The monoisotopic (exact) mass is 255 g/mol. The van der Waals surface area contributed by atoms with E-state index in [0.717, 1.165) is 0 Å². The molecule has 0 aliphatic rings. The SMILES string of the molecule is COC(=O)C#Cc1cc(Br)c[nH]c1=O. The van der Waals surface area contributed by atoms with Crippen LogP contribution in [0.4, 0.5) is 0 Å². The van der Waals surface area contributed by atoms with Crippen molar-refractivity contribution < 1.29 is 9.53 Å². The minimum absolute atomic E-state index is 0.213. The Labute approximate surface area is 88.4 Å². The van der Waals surface area contributed by atoms with Crippen molar-refractivity contribution in [2.75, 3.05) is 7.11 Å². The van der Waals surface area contributed by atoms with E-state index in [2.05, 4.69) is 37.5 Å². The number of methoxy groups -OCH3 is 1. The molecular weight excluding hydrogens is 250 g/mol. The quantitative estimate of drug-likeness (QED) is 0.548. The number of esters is 1. The Hall–Kier alpha value is -1.54. The van der Waals surface area contributed by atoms with Gasteiger partial charge in [0.2, 0.25) is 0 Å². The highest BCUT2D eigenvalue weighted by Gasteiger charge is 1.97. The van der Waals surface area contributed by atoms with Gasteiger partial charge in [-0.3, -0.25) is 4.79 Å². The molecule has 1 heterocycles. The van der Waals surface area contributed by atoms with Gasteiger partial charge in [-0.15, -0.1) is 0 Å². The number of H-pyrrole nitrogens is 1. The molecule has 0 amide bonds. The number of rotatable bonds is 0. The first-order valence-corrected chi connectivity index (χ1v) is 4.41. The summed E-state index contributed by atoms with van der Waals surface area (Å²) in [6, 6.07) is 1.52. The van der Waals surface area contributed by atoms with Gasteiger partial charge in [0.25, 0.3) is 5.56 Å². The fourth-order valence-electron chi connectivity index (χ4n) is 0.720. The molecule has 0 spiro atoms. The molecule has 1 aromatic rings. The van der Waals surface area contributed by atoms with E-state index < -0.39 is 5.97 Å². The Morgan fingerprint density at radius 1 is 1.64 bits per heavy atom. The molecule has 0 aliphatic heterocycles. The second kappa shape index (κ2) is 4.63. The van der Waals surface area contributed by atoms with Crippen molar-refractivity contribution in [3.05, 3.63) is 32.7 Å². The Bertz CT molecular complexity index is 467. The zero-order valence-electron chi connectivity index (χ0n) is 7.26. The summed E-state index contributed by atoms with van der Waals surface area (Å²) in [5.41, 5.74) is -0.130. The van der Waals surface area contributed by atoms with Crippen LogP contribution in [0.25, 0.3) is 0 Å². The topological polar surface area (TPSA) is 59.2 Å². The Morgan fingerprint density at radius 2 is 2.36 bits per heavy atom. The van der Waals surface area contributed by atoms with Crippen molar-refractivity contribution in [1.29, 1.82) is 0 Å². The smallest absolute Gasteiger partial charge is 0.384 e. The van der Waals surface area contributed by atoms with Gasteiger partial charge in [-0.05, 0) is 27.9 Å². The summed E-state index contributed by atoms with van der Waals surface area (Å²) in [5.74, 6) is 3.89. The van der Waals surface area contributed by atoms with Crippen LogP contribution in [0.2, 0.25) is 0 Å². The number of hydrogen-bond donors (Lipinski definition) is 1. The van der Waals surface area contributed by atoms with E-state index in [9.17, 15) is 9.59 Å². The largest absolute Gasteiger partial charge is 0.459 e. The number of carbonyl (C=O) groups excluding carboxylic acids is 1. The maximum absolute atomic E-state index is 11.1. The molecule has 0 bridgehead atoms. The fourth-order valence-corrected chi connectivity index (χ4v) is 1.06. The summed E-state index contributed by atoms with van der Waals surface area (Å²) in [7, 11) is 1.22. The van der Waals surface area contributed by atoms with Gasteiger partial charge in [0.1, 0.15) is 0 Å². The van der Waals surface area contributed by atoms with Crippen molar-refractivity contribution in [2.45, 2.75) is 0 Å². The van der Waals surface area contributed by atoms with Gasteiger partial charge in [-0.2, -0.15) is 0 Å². The summed E-state index contributed by atoms with van der Waals surface area (Å²) >= 11 is 3.17. The number of aromatic nitrogens is 1. The van der Waals surface area contributed by atoms with Gasteiger partial charge in [0.15, 0.2) is 0 Å². The number of aromatic amines is 1. The average molecular weight is 256 g/mol. The van der Waals surface area contributed by atoms with Gasteiger partial charge in [0.05, 0.1) is 12.7 Å². The van der Waals surface area contributed by atoms with Crippen LogP contribution >= 0.6 is 15.9 Å². The van der Waals surface area contributed by atoms with Crippen LogP contribution in [-0.2, 0) is 9.53 Å². The fraction of sp³-hybridized carbons (Fsp3) is 0.111. The van der Waals surface area contributed by atoms with E-state index in [-0.39, 0.29) is 11.1 Å². The third-order valence-corrected chi connectivity index (χ3v) is 1.81. The van der Waals surface area contributed by atoms with Crippen molar-refractivity contribution in [1.82, 2.24) is 4.98 Å². The molecule has 0 fully saturated rings. The van der Waals surface area contributed by atoms with E-state index in [4.69, 9.17) is 0 Å². The standard InChI is InChI=1S/C9H6BrNO3/c1-14-8(12)3-2-6-4-7(10)5-11-9(6)13/h4-5H,1H3,(H,11,13). The van der Waals surface area contributed by atoms with Crippen LogP contribution in [0.1, 0.15) is 5.56 Å². The van der Waals surface area contributed by atoms with E-state index in [0.29, 0.717) is 4.47 Å². The molecule has 0 aliphatic carbocycles. The molecule has 5 heteroatoms. The highest BCUT2D eigenvalue weighted by molar-refractivity contribution is 9.10. The molecule has 0 unspecified atom stereocenters. The maximum atomic E-state index is 11.1. The minimum atomic E-state index is -0.677. The van der Waals surface area contributed by atoms with Crippen LogP contribution in [0.5, 0.6) is 0 Å². The van der Waals surface area contributed by atoms with Crippen LogP contribution in [-0.4, -0.2) is 18.1 Å². The molecule has 72 valence electrons. The maximum Gasteiger partial charge on any atom is 0.384 e. The van der Waals surface area contributed by atoms with Gasteiger partial charge in [-0.25, -0.2) is 4.79 Å². The molecule has 0 atom stereocenters. The summed E-state index contributed by atoms with van der Waals surface area (Å²) < 4.78 is 4.99.